The van der Waals surface area contributed by atoms with Gasteiger partial charge >= 0.3 is 0 Å². The molecule has 1 saturated heterocycles. The molecule has 3 heterocycles. The Bertz CT molecular complexity index is 665. The molecule has 2 aromatic heterocycles. The molecule has 130 valence electrons. The molecule has 1 atom stereocenters. The molecule has 0 saturated carbocycles. The highest BCUT2D eigenvalue weighted by Gasteiger charge is 2.19. The predicted molar refractivity (Wildman–Crippen MR) is 92.8 cm³/mol. The zero-order chi connectivity index (χ0) is 16.9. The van der Waals surface area contributed by atoms with Crippen LogP contribution in [-0.4, -0.2) is 45.7 Å². The van der Waals surface area contributed by atoms with Gasteiger partial charge in [0.2, 0.25) is 0 Å². The van der Waals surface area contributed by atoms with Gasteiger partial charge in [-0.25, -0.2) is 0 Å². The van der Waals surface area contributed by atoms with E-state index in [2.05, 4.69) is 34.6 Å². The monoisotopic (exact) mass is 331 g/mol. The fraction of sp³-hybridized carbons (Fsp3) is 0.529. The Balaban J connectivity index is 1.77. The number of hydrogen-bond donors (Lipinski definition) is 3. The van der Waals surface area contributed by atoms with Crippen molar-refractivity contribution in [1.29, 1.82) is 0 Å². The van der Waals surface area contributed by atoms with Crippen molar-refractivity contribution in [1.82, 2.24) is 20.1 Å². The minimum atomic E-state index is 0.0686. The minimum Gasteiger partial charge on any atom is -0.487 e. The van der Waals surface area contributed by atoms with Crippen LogP contribution in [0.2, 0.25) is 0 Å². The van der Waals surface area contributed by atoms with Gasteiger partial charge in [0.25, 0.3) is 0 Å². The highest BCUT2D eigenvalue weighted by Crippen LogP contribution is 2.30. The first-order valence-corrected chi connectivity index (χ1v) is 8.43. The molecule has 1 fully saturated rings. The van der Waals surface area contributed by atoms with Crippen molar-refractivity contribution in [2.24, 2.45) is 0 Å². The molecule has 0 aliphatic carbocycles. The molecular formula is C17H25N5O2. The average Bonchev–Trinajstić information content (AvgIpc) is 3.20. The van der Waals surface area contributed by atoms with Gasteiger partial charge in [-0.3, -0.25) is 9.67 Å². The lowest BCUT2D eigenvalue weighted by molar-refractivity contribution is 0.219. The van der Waals surface area contributed by atoms with Crippen LogP contribution in [0, 0.1) is 0 Å². The first kappa shape index (κ1) is 16.7. The van der Waals surface area contributed by atoms with Crippen molar-refractivity contribution in [2.75, 3.05) is 25.0 Å². The molecule has 3 N–H and O–H groups in total. The van der Waals surface area contributed by atoms with Crippen molar-refractivity contribution in [3.05, 3.63) is 30.4 Å². The molecule has 0 unspecified atom stereocenters. The molecule has 24 heavy (non-hydrogen) atoms. The summed E-state index contributed by atoms with van der Waals surface area (Å²) in [5, 5.41) is 19.8. The van der Waals surface area contributed by atoms with E-state index in [0.29, 0.717) is 12.5 Å². The Morgan fingerprint density at radius 3 is 3.00 bits per heavy atom. The number of aromatic nitrogens is 3. The van der Waals surface area contributed by atoms with Crippen molar-refractivity contribution in [2.45, 2.75) is 38.8 Å². The zero-order valence-corrected chi connectivity index (χ0v) is 14.2. The highest BCUT2D eigenvalue weighted by molar-refractivity contribution is 5.59. The van der Waals surface area contributed by atoms with Crippen molar-refractivity contribution < 1.29 is 9.84 Å². The minimum absolute atomic E-state index is 0.0686. The third kappa shape index (κ3) is 4.04. The van der Waals surface area contributed by atoms with Crippen LogP contribution in [0.3, 0.4) is 0 Å². The van der Waals surface area contributed by atoms with E-state index in [1.165, 1.54) is 0 Å². The summed E-state index contributed by atoms with van der Waals surface area (Å²) in [7, 11) is 0. The predicted octanol–water partition coefficient (Wildman–Crippen LogP) is 1.88. The van der Waals surface area contributed by atoms with Gasteiger partial charge in [-0.05, 0) is 18.9 Å². The lowest BCUT2D eigenvalue weighted by Crippen LogP contribution is -2.20. The molecule has 0 aromatic carbocycles. The lowest BCUT2D eigenvalue weighted by Gasteiger charge is -2.18. The molecule has 0 amide bonds. The molecule has 0 bridgehead atoms. The van der Waals surface area contributed by atoms with Crippen molar-refractivity contribution in [3.8, 4) is 5.75 Å². The van der Waals surface area contributed by atoms with Gasteiger partial charge in [0.1, 0.15) is 11.9 Å². The average molecular weight is 331 g/mol. The first-order chi connectivity index (χ1) is 11.7. The Morgan fingerprint density at radius 1 is 1.42 bits per heavy atom. The van der Waals surface area contributed by atoms with E-state index < -0.39 is 0 Å². The molecular weight excluding hydrogens is 306 g/mol. The van der Waals surface area contributed by atoms with E-state index in [4.69, 9.17) is 9.84 Å². The summed E-state index contributed by atoms with van der Waals surface area (Å²) in [6, 6.07) is 2.00. The molecule has 7 heteroatoms. The molecule has 1 aliphatic rings. The molecule has 0 spiro atoms. The van der Waals surface area contributed by atoms with E-state index >= 15 is 0 Å². The lowest BCUT2D eigenvalue weighted by atomic mass is 10.1. The Hall–Kier alpha value is -2.12. The molecule has 3 rings (SSSR count). The van der Waals surface area contributed by atoms with Crippen LogP contribution in [0.15, 0.2) is 24.7 Å². The normalized spacial score (nSPS) is 17.4. The quantitative estimate of drug-likeness (QED) is 0.718. The smallest absolute Gasteiger partial charge is 0.143 e. The second-order valence-electron chi connectivity index (χ2n) is 6.34. The van der Waals surface area contributed by atoms with E-state index in [1.54, 1.807) is 10.9 Å². The van der Waals surface area contributed by atoms with E-state index in [0.717, 1.165) is 42.3 Å². The molecule has 1 aliphatic heterocycles. The van der Waals surface area contributed by atoms with Crippen LogP contribution in [0.1, 0.15) is 31.9 Å². The van der Waals surface area contributed by atoms with Gasteiger partial charge in [0.15, 0.2) is 0 Å². The Kier molecular flexibility index (Phi) is 5.32. The standard InChI is InChI=1S/C17H25N5O2/c1-12(2)17-16(24-15-3-4-18-10-15)7-13(8-19-17)21-14-9-20-22(11-14)5-6-23/h7-9,11-12,15,18,21,23H,3-6,10H2,1-2H3/t15-/m1/s1. The third-order valence-electron chi connectivity index (χ3n) is 3.99. The maximum Gasteiger partial charge on any atom is 0.143 e. The molecule has 7 nitrogen and oxygen atoms in total. The van der Waals surface area contributed by atoms with Crippen LogP contribution in [0.25, 0.3) is 0 Å². The molecule has 2 aromatic rings. The van der Waals surface area contributed by atoms with Gasteiger partial charge in [0, 0.05) is 18.8 Å². The highest BCUT2D eigenvalue weighted by atomic mass is 16.5. The number of aliphatic hydroxyl groups is 1. The summed E-state index contributed by atoms with van der Waals surface area (Å²) in [4.78, 5) is 4.58. The number of rotatable bonds is 7. The fourth-order valence-electron chi connectivity index (χ4n) is 2.78. The number of nitrogens with zero attached hydrogens (tertiary/aromatic N) is 3. The fourth-order valence-corrected chi connectivity index (χ4v) is 2.78. The van der Waals surface area contributed by atoms with Crippen LogP contribution in [-0.2, 0) is 6.54 Å². The van der Waals surface area contributed by atoms with E-state index in [-0.39, 0.29) is 12.7 Å². The van der Waals surface area contributed by atoms with Gasteiger partial charge in [-0.2, -0.15) is 5.10 Å². The van der Waals surface area contributed by atoms with Crippen molar-refractivity contribution in [3.63, 3.8) is 0 Å². The molecule has 0 radical (unpaired) electrons. The number of anilines is 2. The topological polar surface area (TPSA) is 84.2 Å². The third-order valence-corrected chi connectivity index (χ3v) is 3.99. The second kappa shape index (κ2) is 7.63. The summed E-state index contributed by atoms with van der Waals surface area (Å²) in [5.41, 5.74) is 2.70. The summed E-state index contributed by atoms with van der Waals surface area (Å²) in [6.07, 6.45) is 6.62. The van der Waals surface area contributed by atoms with Crippen LogP contribution in [0.5, 0.6) is 5.75 Å². The summed E-state index contributed by atoms with van der Waals surface area (Å²) < 4.78 is 7.87. The summed E-state index contributed by atoms with van der Waals surface area (Å²) in [6.45, 7) is 6.66. The number of nitrogens with one attached hydrogen (secondary N) is 2. The maximum absolute atomic E-state index is 8.96. The SMILES string of the molecule is CC(C)c1ncc(Nc2cnn(CCO)c2)cc1O[C@@H]1CCNC1. The van der Waals surface area contributed by atoms with Crippen LogP contribution >= 0.6 is 0 Å². The Labute approximate surface area is 142 Å². The van der Waals surface area contributed by atoms with Gasteiger partial charge in [-0.15, -0.1) is 0 Å². The number of ether oxygens (including phenoxy) is 1. The largest absolute Gasteiger partial charge is 0.487 e. The van der Waals surface area contributed by atoms with E-state index in [9.17, 15) is 0 Å². The zero-order valence-electron chi connectivity index (χ0n) is 14.2. The first-order valence-electron chi connectivity index (χ1n) is 8.43. The van der Waals surface area contributed by atoms with Crippen LogP contribution in [0.4, 0.5) is 11.4 Å². The van der Waals surface area contributed by atoms with Crippen molar-refractivity contribution >= 4 is 11.4 Å². The maximum atomic E-state index is 8.96. The van der Waals surface area contributed by atoms with E-state index in [1.807, 2.05) is 18.5 Å². The number of aliphatic hydroxyl groups excluding tert-OH is 1. The van der Waals surface area contributed by atoms with Gasteiger partial charge in [-0.1, -0.05) is 13.8 Å². The van der Waals surface area contributed by atoms with Crippen LogP contribution < -0.4 is 15.4 Å². The summed E-state index contributed by atoms with van der Waals surface area (Å²) >= 11 is 0. The van der Waals surface area contributed by atoms with Gasteiger partial charge in [0.05, 0.1) is 42.6 Å². The number of pyridine rings is 1. The summed E-state index contributed by atoms with van der Waals surface area (Å²) in [5.74, 6) is 1.14. The number of hydrogen-bond acceptors (Lipinski definition) is 6. The Morgan fingerprint density at radius 2 is 2.29 bits per heavy atom. The van der Waals surface area contributed by atoms with Gasteiger partial charge < -0.3 is 20.5 Å². The second-order valence-corrected chi connectivity index (χ2v) is 6.34.